The average molecular weight is 259 g/mol. The van der Waals surface area contributed by atoms with Crippen LogP contribution in [0, 0.1) is 0 Å². The van der Waals surface area contributed by atoms with Crippen LogP contribution in [0.1, 0.15) is 0 Å². The standard InChI is InChI=1S/C8H7ClN4O4/c1-12-6-5(10-3-11-6)7(15)13(8(12)16)2-4(14)17-9/h3H,2H2,1H3,(H,10,11). The average Bonchev–Trinajstić information content (AvgIpc) is 2.80. The highest BCUT2D eigenvalue weighted by molar-refractivity contribution is 6.13. The highest BCUT2D eigenvalue weighted by Crippen LogP contribution is 1.98. The van der Waals surface area contributed by atoms with Crippen LogP contribution in [-0.2, 0) is 22.7 Å². The van der Waals surface area contributed by atoms with Gasteiger partial charge in [0.2, 0.25) is 0 Å². The van der Waals surface area contributed by atoms with Gasteiger partial charge in [0.1, 0.15) is 23.9 Å². The summed E-state index contributed by atoms with van der Waals surface area (Å²) in [5, 5.41) is 0. The lowest BCUT2D eigenvalue weighted by Gasteiger charge is -2.05. The summed E-state index contributed by atoms with van der Waals surface area (Å²) in [7, 11) is 1.44. The molecular weight excluding hydrogens is 252 g/mol. The fraction of sp³-hybridized carbons (Fsp3) is 0.250. The molecule has 2 aromatic heterocycles. The molecule has 0 bridgehead atoms. The summed E-state index contributed by atoms with van der Waals surface area (Å²) in [5.41, 5.74) is -0.968. The van der Waals surface area contributed by atoms with E-state index < -0.39 is 23.8 Å². The van der Waals surface area contributed by atoms with E-state index in [0.29, 0.717) is 4.57 Å². The minimum Gasteiger partial charge on any atom is -0.346 e. The quantitative estimate of drug-likeness (QED) is 0.754. The fourth-order valence-electron chi connectivity index (χ4n) is 1.49. The summed E-state index contributed by atoms with van der Waals surface area (Å²) in [6.45, 7) is -0.552. The second-order valence-electron chi connectivity index (χ2n) is 3.28. The number of fused-ring (bicyclic) bond motifs is 1. The maximum atomic E-state index is 11.8. The van der Waals surface area contributed by atoms with Gasteiger partial charge >= 0.3 is 11.7 Å². The van der Waals surface area contributed by atoms with E-state index in [2.05, 4.69) is 14.3 Å². The first-order valence-electron chi connectivity index (χ1n) is 4.50. The summed E-state index contributed by atoms with van der Waals surface area (Å²) in [5.74, 6) is -0.898. The lowest BCUT2D eigenvalue weighted by Crippen LogP contribution is -2.40. The molecular formula is C8H7ClN4O4. The van der Waals surface area contributed by atoms with Crippen molar-refractivity contribution in [3.63, 3.8) is 0 Å². The maximum Gasteiger partial charge on any atom is 0.344 e. The number of nitrogens with zero attached hydrogens (tertiary/aromatic N) is 3. The van der Waals surface area contributed by atoms with E-state index in [1.165, 1.54) is 13.4 Å². The molecule has 1 N–H and O–H groups in total. The molecule has 2 aromatic rings. The van der Waals surface area contributed by atoms with E-state index in [4.69, 9.17) is 11.9 Å². The molecule has 9 heteroatoms. The molecule has 0 aliphatic carbocycles. The maximum absolute atomic E-state index is 11.8. The summed E-state index contributed by atoms with van der Waals surface area (Å²) in [6.07, 6.45) is 1.29. The van der Waals surface area contributed by atoms with Crippen LogP contribution in [0.2, 0.25) is 0 Å². The molecule has 0 aliphatic rings. The molecule has 2 heterocycles. The van der Waals surface area contributed by atoms with Gasteiger partial charge in [0.05, 0.1) is 6.33 Å². The number of aryl methyl sites for hydroxylation is 1. The molecule has 0 atom stereocenters. The number of carbonyl (C=O) groups is 1. The number of hydrogen-bond acceptors (Lipinski definition) is 5. The van der Waals surface area contributed by atoms with Crippen LogP contribution in [-0.4, -0.2) is 25.1 Å². The third-order valence-corrected chi connectivity index (χ3v) is 2.46. The zero-order valence-electron chi connectivity index (χ0n) is 8.64. The summed E-state index contributed by atoms with van der Waals surface area (Å²) < 4.78 is 5.76. The van der Waals surface area contributed by atoms with Crippen molar-refractivity contribution in [2.24, 2.45) is 7.05 Å². The van der Waals surface area contributed by atoms with Gasteiger partial charge < -0.3 is 9.27 Å². The highest BCUT2D eigenvalue weighted by Gasteiger charge is 2.15. The number of nitrogens with one attached hydrogen (secondary N) is 1. The Kier molecular flexibility index (Phi) is 2.72. The van der Waals surface area contributed by atoms with E-state index in [-0.39, 0.29) is 11.2 Å². The lowest BCUT2D eigenvalue weighted by molar-refractivity contribution is -0.134. The van der Waals surface area contributed by atoms with E-state index >= 15 is 0 Å². The number of rotatable bonds is 2. The molecule has 0 saturated carbocycles. The Morgan fingerprint density at radius 2 is 2.29 bits per heavy atom. The van der Waals surface area contributed by atoms with Crippen LogP contribution in [0.15, 0.2) is 15.9 Å². The third kappa shape index (κ3) is 1.72. The number of halogens is 1. The van der Waals surface area contributed by atoms with Crippen LogP contribution in [0.3, 0.4) is 0 Å². The zero-order valence-corrected chi connectivity index (χ0v) is 9.39. The van der Waals surface area contributed by atoms with Crippen molar-refractivity contribution >= 4 is 29.0 Å². The van der Waals surface area contributed by atoms with Gasteiger partial charge in [-0.3, -0.25) is 9.36 Å². The van der Waals surface area contributed by atoms with Crippen molar-refractivity contribution in [2.75, 3.05) is 0 Å². The number of aromatic amines is 1. The van der Waals surface area contributed by atoms with Gasteiger partial charge in [-0.1, -0.05) is 0 Å². The van der Waals surface area contributed by atoms with Crippen molar-refractivity contribution < 1.29 is 9.08 Å². The highest BCUT2D eigenvalue weighted by atomic mass is 35.5. The van der Waals surface area contributed by atoms with E-state index in [0.717, 1.165) is 4.57 Å². The van der Waals surface area contributed by atoms with Crippen LogP contribution in [0.4, 0.5) is 0 Å². The Morgan fingerprint density at radius 3 is 2.94 bits per heavy atom. The van der Waals surface area contributed by atoms with Crippen molar-refractivity contribution in [3.8, 4) is 0 Å². The van der Waals surface area contributed by atoms with Crippen LogP contribution < -0.4 is 11.2 Å². The topological polar surface area (TPSA) is 99.0 Å². The minimum atomic E-state index is -0.898. The minimum absolute atomic E-state index is 0.134. The Bertz CT molecular complexity index is 698. The normalized spacial score (nSPS) is 10.7. The number of imidazole rings is 1. The van der Waals surface area contributed by atoms with Crippen LogP contribution in [0.5, 0.6) is 0 Å². The van der Waals surface area contributed by atoms with E-state index in [9.17, 15) is 14.4 Å². The Morgan fingerprint density at radius 1 is 1.59 bits per heavy atom. The largest absolute Gasteiger partial charge is 0.346 e. The second-order valence-corrected chi connectivity index (χ2v) is 3.44. The van der Waals surface area contributed by atoms with Crippen molar-refractivity contribution in [2.45, 2.75) is 6.54 Å². The first kappa shape index (κ1) is 11.4. The van der Waals surface area contributed by atoms with Gasteiger partial charge in [0, 0.05) is 7.05 Å². The Labute approximate surface area is 98.6 Å². The summed E-state index contributed by atoms with van der Waals surface area (Å²) in [6, 6.07) is 0. The molecule has 0 aliphatic heterocycles. The molecule has 0 radical (unpaired) electrons. The number of hydrogen-bond donors (Lipinski definition) is 1. The summed E-state index contributed by atoms with van der Waals surface area (Å²) >= 11 is 4.85. The Balaban J connectivity index is 2.75. The first-order chi connectivity index (χ1) is 8.06. The predicted octanol–water partition coefficient (Wildman–Crippen LogP) is -0.880. The van der Waals surface area contributed by atoms with Gasteiger partial charge in [-0.25, -0.2) is 19.1 Å². The van der Waals surface area contributed by atoms with Gasteiger partial charge in [0.15, 0.2) is 5.65 Å². The van der Waals surface area contributed by atoms with E-state index in [1.54, 1.807) is 0 Å². The van der Waals surface area contributed by atoms with Gasteiger partial charge in [-0.15, -0.1) is 0 Å². The molecule has 0 aromatic carbocycles. The number of carbonyl (C=O) groups excluding carboxylic acids is 1. The molecule has 0 spiro atoms. The summed E-state index contributed by atoms with van der Waals surface area (Å²) in [4.78, 5) is 41.0. The molecule has 8 nitrogen and oxygen atoms in total. The first-order valence-corrected chi connectivity index (χ1v) is 4.81. The van der Waals surface area contributed by atoms with Gasteiger partial charge in [0.25, 0.3) is 5.56 Å². The fourth-order valence-corrected chi connectivity index (χ4v) is 1.53. The van der Waals surface area contributed by atoms with Gasteiger partial charge in [-0.05, 0) is 0 Å². The van der Waals surface area contributed by atoms with Crippen molar-refractivity contribution in [1.29, 1.82) is 0 Å². The molecule has 90 valence electrons. The van der Waals surface area contributed by atoms with E-state index in [1.807, 2.05) is 0 Å². The smallest absolute Gasteiger partial charge is 0.344 e. The zero-order chi connectivity index (χ0) is 12.6. The predicted molar refractivity (Wildman–Crippen MR) is 57.5 cm³/mol. The lowest BCUT2D eigenvalue weighted by atomic mass is 10.5. The molecule has 0 amide bonds. The molecule has 0 fully saturated rings. The number of H-pyrrole nitrogens is 1. The molecule has 2 rings (SSSR count). The molecule has 0 saturated heterocycles. The Hall–Kier alpha value is -2.09. The van der Waals surface area contributed by atoms with Gasteiger partial charge in [-0.2, -0.15) is 0 Å². The van der Waals surface area contributed by atoms with Crippen LogP contribution in [0.25, 0.3) is 11.2 Å². The monoisotopic (exact) mass is 258 g/mol. The molecule has 17 heavy (non-hydrogen) atoms. The molecule has 0 unspecified atom stereocenters. The second kappa shape index (κ2) is 4.06. The van der Waals surface area contributed by atoms with Crippen molar-refractivity contribution in [1.82, 2.24) is 19.1 Å². The van der Waals surface area contributed by atoms with Crippen molar-refractivity contribution in [3.05, 3.63) is 27.2 Å². The SMILES string of the molecule is Cn1c(=O)n(CC(=O)OCl)c(=O)c2[nH]cnc21. The number of aromatic nitrogens is 4. The third-order valence-electron chi connectivity index (χ3n) is 2.29. The van der Waals surface area contributed by atoms with Crippen LogP contribution >= 0.6 is 11.9 Å².